The molecule has 0 radical (unpaired) electrons. The van der Waals surface area contributed by atoms with Crippen LogP contribution in [0.25, 0.3) is 0 Å². The molecule has 28 heavy (non-hydrogen) atoms. The van der Waals surface area contributed by atoms with E-state index >= 15 is 0 Å². The summed E-state index contributed by atoms with van der Waals surface area (Å²) in [4.78, 5) is 14.5. The SMILES string of the molecule is COc1cc(NS(=O)(=O)c2ccc3c(c2)SC(C)CN3C(C)=O)cc(OC)c1. The molecule has 0 saturated carbocycles. The molecule has 0 spiro atoms. The minimum absolute atomic E-state index is 0.0643. The number of benzene rings is 2. The molecule has 0 fully saturated rings. The molecule has 2 aromatic rings. The van der Waals surface area contributed by atoms with Gasteiger partial charge in [-0.05, 0) is 18.2 Å². The van der Waals surface area contributed by atoms with Crippen LogP contribution in [0.15, 0.2) is 46.2 Å². The van der Waals surface area contributed by atoms with Crippen molar-refractivity contribution in [3.63, 3.8) is 0 Å². The van der Waals surface area contributed by atoms with Crippen molar-refractivity contribution in [1.82, 2.24) is 0 Å². The van der Waals surface area contributed by atoms with E-state index in [0.717, 1.165) is 10.6 Å². The van der Waals surface area contributed by atoms with Gasteiger partial charge in [0, 0.05) is 41.8 Å². The molecule has 0 saturated heterocycles. The van der Waals surface area contributed by atoms with Crippen LogP contribution in [0.2, 0.25) is 0 Å². The van der Waals surface area contributed by atoms with Crippen molar-refractivity contribution in [2.75, 3.05) is 30.4 Å². The lowest BCUT2D eigenvalue weighted by Gasteiger charge is -2.32. The highest BCUT2D eigenvalue weighted by atomic mass is 32.2. The Bertz CT molecular complexity index is 985. The number of rotatable bonds is 5. The summed E-state index contributed by atoms with van der Waals surface area (Å²) in [5.74, 6) is 0.888. The van der Waals surface area contributed by atoms with E-state index in [1.807, 2.05) is 6.92 Å². The summed E-state index contributed by atoms with van der Waals surface area (Å²) in [6.45, 7) is 4.11. The van der Waals surface area contributed by atoms with Crippen LogP contribution < -0.4 is 19.1 Å². The van der Waals surface area contributed by atoms with Crippen molar-refractivity contribution >= 4 is 39.1 Å². The summed E-state index contributed by atoms with van der Waals surface area (Å²) in [5.41, 5.74) is 1.07. The van der Waals surface area contributed by atoms with E-state index in [2.05, 4.69) is 4.72 Å². The fourth-order valence-electron chi connectivity index (χ4n) is 2.97. The highest BCUT2D eigenvalue weighted by Gasteiger charge is 2.27. The number of carbonyl (C=O) groups is 1. The number of nitrogens with zero attached hydrogens (tertiary/aromatic N) is 1. The second-order valence-electron chi connectivity index (χ2n) is 6.39. The monoisotopic (exact) mass is 422 g/mol. The number of fused-ring (bicyclic) bond motifs is 1. The lowest BCUT2D eigenvalue weighted by Crippen LogP contribution is -2.37. The summed E-state index contributed by atoms with van der Waals surface area (Å²) in [5, 5.41) is 0.171. The summed E-state index contributed by atoms with van der Waals surface area (Å²) in [6, 6.07) is 9.59. The molecule has 0 aliphatic carbocycles. The molecule has 1 aliphatic rings. The molecule has 1 aliphatic heterocycles. The number of hydrogen-bond acceptors (Lipinski definition) is 6. The molecule has 1 unspecified atom stereocenters. The molecule has 1 heterocycles. The molecular formula is C19H22N2O5S2. The predicted octanol–water partition coefficient (Wildman–Crippen LogP) is 3.35. The molecule has 9 heteroatoms. The maximum atomic E-state index is 12.9. The molecule has 1 N–H and O–H groups in total. The van der Waals surface area contributed by atoms with Gasteiger partial charge < -0.3 is 14.4 Å². The van der Waals surface area contributed by atoms with Crippen LogP contribution in [0.5, 0.6) is 11.5 Å². The van der Waals surface area contributed by atoms with E-state index in [0.29, 0.717) is 23.7 Å². The normalized spacial score (nSPS) is 16.3. The van der Waals surface area contributed by atoms with E-state index in [1.54, 1.807) is 47.0 Å². The smallest absolute Gasteiger partial charge is 0.261 e. The number of anilines is 2. The van der Waals surface area contributed by atoms with Gasteiger partial charge in [-0.25, -0.2) is 8.42 Å². The van der Waals surface area contributed by atoms with Gasteiger partial charge in [-0.3, -0.25) is 9.52 Å². The summed E-state index contributed by atoms with van der Waals surface area (Å²) < 4.78 is 38.7. The standard InChI is InChI=1S/C19H22N2O5S2/c1-12-11-21(13(2)22)18-6-5-17(10-19(18)27-12)28(23,24)20-14-7-15(25-3)9-16(8-14)26-4/h5-10,12,20H,11H2,1-4H3. The summed E-state index contributed by atoms with van der Waals surface area (Å²) >= 11 is 1.56. The average Bonchev–Trinajstić information content (AvgIpc) is 2.65. The minimum atomic E-state index is -3.83. The van der Waals surface area contributed by atoms with Gasteiger partial charge in [0.2, 0.25) is 5.91 Å². The van der Waals surface area contributed by atoms with Crippen molar-refractivity contribution < 1.29 is 22.7 Å². The van der Waals surface area contributed by atoms with Gasteiger partial charge in [-0.1, -0.05) is 6.92 Å². The minimum Gasteiger partial charge on any atom is -0.497 e. The van der Waals surface area contributed by atoms with Crippen LogP contribution in [0.4, 0.5) is 11.4 Å². The van der Waals surface area contributed by atoms with Crippen molar-refractivity contribution in [1.29, 1.82) is 0 Å². The Hall–Kier alpha value is -2.39. The Balaban J connectivity index is 1.95. The van der Waals surface area contributed by atoms with Gasteiger partial charge in [0.05, 0.1) is 30.5 Å². The molecule has 2 aromatic carbocycles. The van der Waals surface area contributed by atoms with Crippen LogP contribution in [0.1, 0.15) is 13.8 Å². The summed E-state index contributed by atoms with van der Waals surface area (Å²) in [7, 11) is -0.838. The van der Waals surface area contributed by atoms with Gasteiger partial charge in [-0.15, -0.1) is 11.8 Å². The molecule has 1 amide bonds. The zero-order valence-electron chi connectivity index (χ0n) is 16.1. The second-order valence-corrected chi connectivity index (χ2v) is 9.56. The average molecular weight is 423 g/mol. The number of nitrogens with one attached hydrogen (secondary N) is 1. The fourth-order valence-corrected chi connectivity index (χ4v) is 5.26. The third kappa shape index (κ3) is 4.20. The van der Waals surface area contributed by atoms with Gasteiger partial charge in [-0.2, -0.15) is 0 Å². The predicted molar refractivity (Wildman–Crippen MR) is 110 cm³/mol. The lowest BCUT2D eigenvalue weighted by atomic mass is 10.2. The number of amides is 1. The first-order valence-corrected chi connectivity index (χ1v) is 10.9. The maximum Gasteiger partial charge on any atom is 0.261 e. The Morgan fingerprint density at radius 3 is 2.36 bits per heavy atom. The van der Waals surface area contributed by atoms with E-state index < -0.39 is 10.0 Å². The Morgan fingerprint density at radius 2 is 1.79 bits per heavy atom. The zero-order valence-corrected chi connectivity index (χ0v) is 17.7. The van der Waals surface area contributed by atoms with Gasteiger partial charge in [0.1, 0.15) is 11.5 Å². The van der Waals surface area contributed by atoms with E-state index in [4.69, 9.17) is 9.47 Å². The zero-order chi connectivity index (χ0) is 20.5. The lowest BCUT2D eigenvalue weighted by molar-refractivity contribution is -0.116. The van der Waals surface area contributed by atoms with Gasteiger partial charge in [0.25, 0.3) is 10.0 Å². The van der Waals surface area contributed by atoms with E-state index in [-0.39, 0.29) is 16.1 Å². The molecule has 7 nitrogen and oxygen atoms in total. The molecule has 0 bridgehead atoms. The number of sulfonamides is 1. The number of ether oxygens (including phenoxy) is 2. The second kappa shape index (κ2) is 7.92. The number of carbonyl (C=O) groups excluding carboxylic acids is 1. The van der Waals surface area contributed by atoms with E-state index in [9.17, 15) is 13.2 Å². The third-order valence-corrected chi connectivity index (χ3v) is 6.80. The molecule has 150 valence electrons. The highest BCUT2D eigenvalue weighted by Crippen LogP contribution is 2.40. The van der Waals surface area contributed by atoms with Crippen molar-refractivity contribution in [2.45, 2.75) is 28.9 Å². The first-order chi connectivity index (χ1) is 13.2. The Labute approximate surface area is 169 Å². The largest absolute Gasteiger partial charge is 0.497 e. The first-order valence-electron chi connectivity index (χ1n) is 8.58. The number of methoxy groups -OCH3 is 2. The van der Waals surface area contributed by atoms with Crippen LogP contribution in [-0.4, -0.2) is 40.3 Å². The highest BCUT2D eigenvalue weighted by molar-refractivity contribution is 8.00. The Morgan fingerprint density at radius 1 is 1.14 bits per heavy atom. The van der Waals surface area contributed by atoms with Gasteiger partial charge in [0.15, 0.2) is 0 Å². The Kier molecular flexibility index (Phi) is 5.76. The van der Waals surface area contributed by atoms with Crippen molar-refractivity contribution in [3.05, 3.63) is 36.4 Å². The molecule has 1 atom stereocenters. The number of hydrogen-bond donors (Lipinski definition) is 1. The number of thioether (sulfide) groups is 1. The molecule has 0 aromatic heterocycles. The van der Waals surface area contributed by atoms with Gasteiger partial charge >= 0.3 is 0 Å². The van der Waals surface area contributed by atoms with Crippen molar-refractivity contribution in [2.24, 2.45) is 0 Å². The topological polar surface area (TPSA) is 84.9 Å². The maximum absolute atomic E-state index is 12.9. The summed E-state index contributed by atoms with van der Waals surface area (Å²) in [6.07, 6.45) is 0. The van der Waals surface area contributed by atoms with Crippen molar-refractivity contribution in [3.8, 4) is 11.5 Å². The molecule has 3 rings (SSSR count). The molecular weight excluding hydrogens is 400 g/mol. The van der Waals surface area contributed by atoms with Crippen LogP contribution in [-0.2, 0) is 14.8 Å². The van der Waals surface area contributed by atoms with Crippen LogP contribution in [0, 0.1) is 0 Å². The van der Waals surface area contributed by atoms with Crippen LogP contribution >= 0.6 is 11.8 Å². The van der Waals surface area contributed by atoms with Crippen LogP contribution in [0.3, 0.4) is 0 Å². The quantitative estimate of drug-likeness (QED) is 0.795. The third-order valence-electron chi connectivity index (χ3n) is 4.28. The fraction of sp³-hybridized carbons (Fsp3) is 0.316. The van der Waals surface area contributed by atoms with E-state index in [1.165, 1.54) is 27.2 Å². The first kappa shape index (κ1) is 20.3.